The number of nitrogens with zero attached hydrogens (tertiary/aromatic N) is 1. The SMILES string of the molecule is CCCCCCCC/C=C/CCCCCCCCCC(=O)OC[C@@H](COP(=O)([O-])OCC[N+](C)(C)C)OC(=O)CCCCCCCCCCCCC. The summed E-state index contributed by atoms with van der Waals surface area (Å²) in [7, 11) is 1.17. The summed E-state index contributed by atoms with van der Waals surface area (Å²) < 4.78 is 33.8. The first-order valence-electron chi connectivity index (χ1n) is 21.4. The molecule has 308 valence electrons. The van der Waals surface area contributed by atoms with Gasteiger partial charge in [0.25, 0.3) is 7.82 Å². The van der Waals surface area contributed by atoms with Crippen LogP contribution in [0.25, 0.3) is 0 Å². The van der Waals surface area contributed by atoms with E-state index in [1.807, 2.05) is 21.1 Å². The minimum Gasteiger partial charge on any atom is -0.756 e. The average Bonchev–Trinajstić information content (AvgIpc) is 3.09. The Labute approximate surface area is 320 Å². The van der Waals surface area contributed by atoms with Crippen LogP contribution in [0.2, 0.25) is 0 Å². The van der Waals surface area contributed by atoms with Crippen LogP contribution in [-0.2, 0) is 32.7 Å². The summed E-state index contributed by atoms with van der Waals surface area (Å²) in [5.74, 6) is -0.833. The molecule has 0 rings (SSSR count). The third kappa shape index (κ3) is 38.5. The third-order valence-corrected chi connectivity index (χ3v) is 10.2. The largest absolute Gasteiger partial charge is 0.756 e. The predicted octanol–water partition coefficient (Wildman–Crippen LogP) is 11.2. The van der Waals surface area contributed by atoms with Crippen molar-refractivity contribution in [3.05, 3.63) is 12.2 Å². The summed E-state index contributed by atoms with van der Waals surface area (Å²) in [5, 5.41) is 0. The molecule has 0 heterocycles. The Bertz CT molecular complexity index is 907. The highest BCUT2D eigenvalue weighted by atomic mass is 31.2. The molecular weight excluding hydrogens is 677 g/mol. The van der Waals surface area contributed by atoms with E-state index in [0.717, 1.165) is 38.5 Å². The fourth-order valence-electron chi connectivity index (χ4n) is 5.88. The molecule has 10 heteroatoms. The lowest BCUT2D eigenvalue weighted by Gasteiger charge is -2.28. The predicted molar refractivity (Wildman–Crippen MR) is 213 cm³/mol. The highest BCUT2D eigenvalue weighted by molar-refractivity contribution is 7.45. The van der Waals surface area contributed by atoms with E-state index in [4.69, 9.17) is 18.5 Å². The normalized spacial score (nSPS) is 13.7. The molecule has 0 amide bonds. The van der Waals surface area contributed by atoms with Crippen LogP contribution in [-0.4, -0.2) is 70.0 Å². The van der Waals surface area contributed by atoms with Crippen molar-refractivity contribution in [2.75, 3.05) is 47.5 Å². The zero-order chi connectivity index (χ0) is 38.6. The second-order valence-electron chi connectivity index (χ2n) is 15.7. The Morgan fingerprint density at radius 3 is 1.42 bits per heavy atom. The quantitative estimate of drug-likeness (QED) is 0.0200. The Hall–Kier alpha value is -1.25. The van der Waals surface area contributed by atoms with Crippen LogP contribution in [0, 0.1) is 0 Å². The molecule has 0 aliphatic heterocycles. The van der Waals surface area contributed by atoms with E-state index in [2.05, 4.69) is 26.0 Å². The Morgan fingerprint density at radius 1 is 0.577 bits per heavy atom. The lowest BCUT2D eigenvalue weighted by molar-refractivity contribution is -0.870. The molecular formula is C42H82NO8P. The van der Waals surface area contributed by atoms with E-state index in [9.17, 15) is 19.0 Å². The van der Waals surface area contributed by atoms with Crippen molar-refractivity contribution in [2.45, 2.75) is 200 Å². The lowest BCUT2D eigenvalue weighted by atomic mass is 10.1. The van der Waals surface area contributed by atoms with Crippen molar-refractivity contribution in [1.29, 1.82) is 0 Å². The van der Waals surface area contributed by atoms with E-state index in [1.54, 1.807) is 0 Å². The van der Waals surface area contributed by atoms with Gasteiger partial charge in [-0.3, -0.25) is 14.2 Å². The Balaban J connectivity index is 4.32. The number of carbonyl (C=O) groups excluding carboxylic acids is 2. The first-order valence-corrected chi connectivity index (χ1v) is 22.9. The number of phosphoric ester groups is 1. The van der Waals surface area contributed by atoms with Gasteiger partial charge in [0.2, 0.25) is 0 Å². The topological polar surface area (TPSA) is 111 Å². The van der Waals surface area contributed by atoms with Crippen LogP contribution in [0.3, 0.4) is 0 Å². The van der Waals surface area contributed by atoms with Gasteiger partial charge in [-0.1, -0.05) is 154 Å². The van der Waals surface area contributed by atoms with Crippen LogP contribution in [0.4, 0.5) is 0 Å². The summed E-state index contributed by atoms with van der Waals surface area (Å²) in [4.78, 5) is 37.4. The molecule has 0 aliphatic carbocycles. The van der Waals surface area contributed by atoms with E-state index < -0.39 is 26.5 Å². The van der Waals surface area contributed by atoms with E-state index in [1.165, 1.54) is 122 Å². The van der Waals surface area contributed by atoms with Crippen LogP contribution in [0.5, 0.6) is 0 Å². The highest BCUT2D eigenvalue weighted by Crippen LogP contribution is 2.38. The number of hydrogen-bond acceptors (Lipinski definition) is 8. The summed E-state index contributed by atoms with van der Waals surface area (Å²) in [6.07, 6.45) is 35.2. The molecule has 9 nitrogen and oxygen atoms in total. The molecule has 0 aromatic heterocycles. The number of unbranched alkanes of at least 4 members (excludes halogenated alkanes) is 23. The van der Waals surface area contributed by atoms with Crippen LogP contribution < -0.4 is 4.89 Å². The number of esters is 2. The molecule has 1 unspecified atom stereocenters. The molecule has 0 spiro atoms. The number of phosphoric acid groups is 1. The van der Waals surface area contributed by atoms with Crippen LogP contribution in [0.1, 0.15) is 194 Å². The zero-order valence-electron chi connectivity index (χ0n) is 34.5. The molecule has 0 N–H and O–H groups in total. The van der Waals surface area contributed by atoms with Gasteiger partial charge in [0.05, 0.1) is 27.7 Å². The van der Waals surface area contributed by atoms with Gasteiger partial charge in [-0.25, -0.2) is 0 Å². The van der Waals surface area contributed by atoms with Crippen molar-refractivity contribution in [1.82, 2.24) is 0 Å². The maximum Gasteiger partial charge on any atom is 0.306 e. The molecule has 2 atom stereocenters. The second kappa shape index (κ2) is 35.5. The molecule has 0 saturated heterocycles. The van der Waals surface area contributed by atoms with E-state index in [0.29, 0.717) is 17.4 Å². The molecule has 0 bridgehead atoms. The van der Waals surface area contributed by atoms with E-state index >= 15 is 0 Å². The maximum atomic E-state index is 12.6. The number of likely N-dealkylation sites (N-methyl/N-ethyl adjacent to an activating group) is 1. The molecule has 52 heavy (non-hydrogen) atoms. The van der Waals surface area contributed by atoms with Gasteiger partial charge >= 0.3 is 11.9 Å². The lowest BCUT2D eigenvalue weighted by Crippen LogP contribution is -2.37. The highest BCUT2D eigenvalue weighted by Gasteiger charge is 2.21. The maximum absolute atomic E-state index is 12.6. The van der Waals surface area contributed by atoms with Crippen molar-refractivity contribution in [2.24, 2.45) is 0 Å². The number of hydrogen-bond donors (Lipinski definition) is 0. The summed E-state index contributed by atoms with van der Waals surface area (Å²) >= 11 is 0. The third-order valence-electron chi connectivity index (χ3n) is 9.29. The Morgan fingerprint density at radius 2 is 0.981 bits per heavy atom. The minimum atomic E-state index is -4.61. The number of allylic oxidation sites excluding steroid dienone is 2. The van der Waals surface area contributed by atoms with Crippen LogP contribution in [0.15, 0.2) is 12.2 Å². The molecule has 0 radical (unpaired) electrons. The van der Waals surface area contributed by atoms with E-state index in [-0.39, 0.29) is 32.0 Å². The summed E-state index contributed by atoms with van der Waals surface area (Å²) in [5.41, 5.74) is 0. The first kappa shape index (κ1) is 50.8. The van der Waals surface area contributed by atoms with Crippen molar-refractivity contribution >= 4 is 19.8 Å². The van der Waals surface area contributed by atoms with Crippen LogP contribution >= 0.6 is 7.82 Å². The molecule has 0 aromatic carbocycles. The second-order valence-corrected chi connectivity index (χ2v) is 17.1. The number of quaternary nitrogens is 1. The van der Waals surface area contributed by atoms with Crippen molar-refractivity contribution < 1.29 is 42.1 Å². The fraction of sp³-hybridized carbons (Fsp3) is 0.905. The minimum absolute atomic E-state index is 0.0285. The van der Waals surface area contributed by atoms with Gasteiger partial charge in [-0.2, -0.15) is 0 Å². The van der Waals surface area contributed by atoms with Crippen molar-refractivity contribution in [3.63, 3.8) is 0 Å². The molecule has 0 saturated carbocycles. The number of carbonyl (C=O) groups is 2. The molecule has 0 aliphatic rings. The standard InChI is InChI=1S/C42H82NO8P/c1-6-8-10-12-14-16-18-19-20-21-22-23-25-26-28-30-32-34-41(44)48-38-40(39-50-52(46,47)49-37-36-43(3,4)5)51-42(45)35-33-31-29-27-24-17-15-13-11-9-7-2/h19-20,40H,6-18,21-39H2,1-5H3/b20-19+/t40-/m0/s1. The van der Waals surface area contributed by atoms with Gasteiger partial charge in [-0.15, -0.1) is 0 Å². The summed E-state index contributed by atoms with van der Waals surface area (Å²) in [6.45, 7) is 4.22. The smallest absolute Gasteiger partial charge is 0.306 e. The Kier molecular flexibility index (Phi) is 34.6. The zero-order valence-corrected chi connectivity index (χ0v) is 35.4. The average molecular weight is 760 g/mol. The monoisotopic (exact) mass is 760 g/mol. The van der Waals surface area contributed by atoms with Crippen molar-refractivity contribution in [3.8, 4) is 0 Å². The van der Waals surface area contributed by atoms with Gasteiger partial charge in [0, 0.05) is 12.8 Å². The molecule has 0 aromatic rings. The molecule has 0 fully saturated rings. The number of rotatable bonds is 39. The van der Waals surface area contributed by atoms with Gasteiger partial charge < -0.3 is 27.9 Å². The number of ether oxygens (including phenoxy) is 2. The van der Waals surface area contributed by atoms with Gasteiger partial charge in [0.1, 0.15) is 19.8 Å². The summed E-state index contributed by atoms with van der Waals surface area (Å²) in [6, 6.07) is 0. The first-order chi connectivity index (χ1) is 25.0. The van der Waals surface area contributed by atoms with Gasteiger partial charge in [-0.05, 0) is 38.5 Å². The van der Waals surface area contributed by atoms with Gasteiger partial charge in [0.15, 0.2) is 6.10 Å². The fourth-order valence-corrected chi connectivity index (χ4v) is 6.61.